The first kappa shape index (κ1) is 12.9. The van der Waals surface area contributed by atoms with Gasteiger partial charge in [0.2, 0.25) is 0 Å². The fourth-order valence-corrected chi connectivity index (χ4v) is 1.03. The van der Waals surface area contributed by atoms with Gasteiger partial charge in [-0.2, -0.15) is 0 Å². The molecule has 2 nitrogen and oxygen atoms in total. The van der Waals surface area contributed by atoms with Crippen LogP contribution in [0.5, 0.6) is 5.75 Å². The molecule has 1 rings (SSSR count). The van der Waals surface area contributed by atoms with Crippen molar-refractivity contribution in [1.82, 2.24) is 0 Å². The van der Waals surface area contributed by atoms with Gasteiger partial charge in [0.1, 0.15) is 11.6 Å². The Labute approximate surface area is 91.6 Å². The first-order valence-corrected chi connectivity index (χ1v) is 4.02. The number of hydrogen-bond acceptors (Lipinski definition) is 2. The standard InChI is InChI=1S/C8H5B2F4NO/c9-7(10,15)5-3-4(1-2-6(5)11)16-8(12,13)14/h1-3H,15H2. The summed E-state index contributed by atoms with van der Waals surface area (Å²) < 4.78 is 52.3. The molecule has 0 unspecified atom stereocenters. The molecule has 82 valence electrons. The first-order valence-electron chi connectivity index (χ1n) is 4.02. The second kappa shape index (κ2) is 4.01. The van der Waals surface area contributed by atoms with Crippen molar-refractivity contribution in [3.8, 4) is 5.75 Å². The van der Waals surface area contributed by atoms with E-state index in [0.29, 0.717) is 6.07 Å². The smallest absolute Gasteiger partial charge is 0.406 e. The van der Waals surface area contributed by atoms with Crippen molar-refractivity contribution in [3.05, 3.63) is 29.6 Å². The summed E-state index contributed by atoms with van der Waals surface area (Å²) in [6, 6.07) is 2.22. The van der Waals surface area contributed by atoms with E-state index in [1.54, 1.807) is 0 Å². The van der Waals surface area contributed by atoms with Crippen molar-refractivity contribution in [1.29, 1.82) is 0 Å². The number of rotatable bonds is 2. The summed E-state index contributed by atoms with van der Waals surface area (Å²) in [7, 11) is 10.3. The Morgan fingerprint density at radius 3 is 2.19 bits per heavy atom. The molecule has 16 heavy (non-hydrogen) atoms. The highest BCUT2D eigenvalue weighted by molar-refractivity contribution is 6.39. The van der Waals surface area contributed by atoms with E-state index in [1.165, 1.54) is 0 Å². The molecule has 0 saturated heterocycles. The van der Waals surface area contributed by atoms with Crippen LogP contribution >= 0.6 is 0 Å². The Morgan fingerprint density at radius 1 is 1.19 bits per heavy atom. The Kier molecular flexibility index (Phi) is 3.23. The van der Waals surface area contributed by atoms with Crippen LogP contribution in [0.3, 0.4) is 0 Å². The molecule has 4 radical (unpaired) electrons. The summed E-state index contributed by atoms with van der Waals surface area (Å²) in [6.45, 7) is 0. The number of ether oxygens (including phenoxy) is 1. The summed E-state index contributed by atoms with van der Waals surface area (Å²) >= 11 is 0. The molecule has 0 bridgehead atoms. The lowest BCUT2D eigenvalue weighted by molar-refractivity contribution is -0.274. The zero-order valence-corrected chi connectivity index (χ0v) is 7.88. The minimum absolute atomic E-state index is 0.478. The topological polar surface area (TPSA) is 35.2 Å². The van der Waals surface area contributed by atoms with Gasteiger partial charge in [-0.25, -0.2) is 4.39 Å². The molecule has 0 aliphatic carbocycles. The van der Waals surface area contributed by atoms with E-state index in [4.69, 9.17) is 21.4 Å². The van der Waals surface area contributed by atoms with Crippen molar-refractivity contribution >= 4 is 15.7 Å². The summed E-state index contributed by atoms with van der Waals surface area (Å²) in [5, 5.41) is -2.07. The first-order chi connectivity index (χ1) is 7.09. The number of halogens is 4. The third kappa shape index (κ3) is 3.44. The number of nitrogens with two attached hydrogens (primary N) is 1. The van der Waals surface area contributed by atoms with Gasteiger partial charge in [0, 0.05) is 0 Å². The third-order valence-electron chi connectivity index (χ3n) is 1.64. The molecule has 2 N–H and O–H groups in total. The summed E-state index contributed by atoms with van der Waals surface area (Å²) in [5.74, 6) is -1.56. The predicted octanol–water partition coefficient (Wildman–Crippen LogP) is 1.13. The van der Waals surface area contributed by atoms with Gasteiger partial charge in [0.15, 0.2) is 0 Å². The molecule has 0 aromatic heterocycles. The Bertz CT molecular complexity index is 389. The summed E-state index contributed by atoms with van der Waals surface area (Å²) in [6.07, 6.45) is -4.88. The molecule has 0 heterocycles. The quantitative estimate of drug-likeness (QED) is 0.609. The monoisotopic (exact) mass is 229 g/mol. The summed E-state index contributed by atoms with van der Waals surface area (Å²) in [4.78, 5) is 0. The van der Waals surface area contributed by atoms with Gasteiger partial charge in [-0.05, 0) is 29.1 Å². The van der Waals surface area contributed by atoms with Crippen LogP contribution < -0.4 is 10.5 Å². The lowest BCUT2D eigenvalue weighted by atomic mass is 9.59. The molecule has 0 atom stereocenters. The maximum atomic E-state index is 13.1. The van der Waals surface area contributed by atoms with Crippen LogP contribution in [0, 0.1) is 5.82 Å². The normalized spacial score (nSPS) is 12.6. The second-order valence-electron chi connectivity index (χ2n) is 3.12. The zero-order valence-electron chi connectivity index (χ0n) is 7.88. The van der Waals surface area contributed by atoms with Crippen LogP contribution in [-0.2, 0) is 5.34 Å². The molecule has 0 fully saturated rings. The van der Waals surface area contributed by atoms with Crippen molar-refractivity contribution in [2.45, 2.75) is 11.7 Å². The minimum Gasteiger partial charge on any atom is -0.406 e. The van der Waals surface area contributed by atoms with Crippen molar-refractivity contribution < 1.29 is 22.3 Å². The second-order valence-corrected chi connectivity index (χ2v) is 3.12. The van der Waals surface area contributed by atoms with Gasteiger partial charge >= 0.3 is 6.36 Å². The van der Waals surface area contributed by atoms with Crippen LogP contribution in [0.1, 0.15) is 5.56 Å². The molecular formula is C8H5B2F4NO. The molecule has 1 aromatic carbocycles. The van der Waals surface area contributed by atoms with Gasteiger partial charge in [-0.15, -0.1) is 13.2 Å². The zero-order chi connectivity index (χ0) is 12.6. The molecule has 0 spiro atoms. The molecule has 0 amide bonds. The van der Waals surface area contributed by atoms with Gasteiger partial charge in [0.25, 0.3) is 0 Å². The fourth-order valence-electron chi connectivity index (χ4n) is 1.03. The van der Waals surface area contributed by atoms with E-state index in [-0.39, 0.29) is 0 Å². The Balaban J connectivity index is 3.09. The van der Waals surface area contributed by atoms with E-state index < -0.39 is 28.8 Å². The van der Waals surface area contributed by atoms with Crippen LogP contribution in [0.4, 0.5) is 17.6 Å². The van der Waals surface area contributed by atoms with E-state index >= 15 is 0 Å². The number of benzene rings is 1. The van der Waals surface area contributed by atoms with E-state index in [9.17, 15) is 17.6 Å². The molecule has 8 heteroatoms. The Morgan fingerprint density at radius 2 is 1.75 bits per heavy atom. The SMILES string of the molecule is [B]C([B])(N)c1cc(OC(F)(F)F)ccc1F. The average molecular weight is 229 g/mol. The van der Waals surface area contributed by atoms with Crippen molar-refractivity contribution in [2.75, 3.05) is 0 Å². The Hall–Kier alpha value is -1.17. The predicted molar refractivity (Wildman–Crippen MR) is 50.5 cm³/mol. The van der Waals surface area contributed by atoms with Crippen LogP contribution in [-0.4, -0.2) is 22.1 Å². The maximum Gasteiger partial charge on any atom is 0.573 e. The number of hydrogen-bond donors (Lipinski definition) is 1. The lowest BCUT2D eigenvalue weighted by Gasteiger charge is -2.22. The molecule has 1 aromatic rings. The van der Waals surface area contributed by atoms with Gasteiger partial charge in [0.05, 0.1) is 15.7 Å². The van der Waals surface area contributed by atoms with Crippen LogP contribution in [0.15, 0.2) is 18.2 Å². The van der Waals surface area contributed by atoms with Crippen molar-refractivity contribution in [3.63, 3.8) is 0 Å². The lowest BCUT2D eigenvalue weighted by Crippen LogP contribution is -2.38. The van der Waals surface area contributed by atoms with Crippen LogP contribution in [0.25, 0.3) is 0 Å². The van der Waals surface area contributed by atoms with E-state index in [0.717, 1.165) is 12.1 Å². The maximum absolute atomic E-state index is 13.1. The van der Waals surface area contributed by atoms with Gasteiger partial charge in [-0.1, -0.05) is 0 Å². The number of alkyl halides is 3. The summed E-state index contributed by atoms with van der Waals surface area (Å²) in [5.41, 5.74) is 4.69. The van der Waals surface area contributed by atoms with Crippen molar-refractivity contribution in [2.24, 2.45) is 5.73 Å². The van der Waals surface area contributed by atoms with Gasteiger partial charge < -0.3 is 10.5 Å². The minimum atomic E-state index is -4.88. The largest absolute Gasteiger partial charge is 0.573 e. The third-order valence-corrected chi connectivity index (χ3v) is 1.64. The van der Waals surface area contributed by atoms with Crippen LogP contribution in [0.2, 0.25) is 0 Å². The highest BCUT2D eigenvalue weighted by Gasteiger charge is 2.31. The molecule has 0 aliphatic rings. The van der Waals surface area contributed by atoms with Gasteiger partial charge in [-0.3, -0.25) is 0 Å². The van der Waals surface area contributed by atoms with E-state index in [1.807, 2.05) is 0 Å². The molecular weight excluding hydrogens is 224 g/mol. The fraction of sp³-hybridized carbons (Fsp3) is 0.250. The molecule has 0 aliphatic heterocycles. The van der Waals surface area contributed by atoms with E-state index in [2.05, 4.69) is 4.74 Å². The highest BCUT2D eigenvalue weighted by atomic mass is 19.4. The molecule has 0 saturated carbocycles. The highest BCUT2D eigenvalue weighted by Crippen LogP contribution is 2.26. The average Bonchev–Trinajstić information content (AvgIpc) is 2.04.